The Morgan fingerprint density at radius 3 is 2.43 bits per heavy atom. The SMILES string of the molecule is CC(=O)Nc1ccc(NC(=O)C2CCCN(c3ccc(-c4ccco4)nn3)C2)cc1. The van der Waals surface area contributed by atoms with Crippen LogP contribution in [0.4, 0.5) is 17.2 Å². The fourth-order valence-corrected chi connectivity index (χ4v) is 3.53. The number of nitrogens with one attached hydrogen (secondary N) is 2. The van der Waals surface area contributed by atoms with Crippen molar-refractivity contribution in [3.05, 3.63) is 54.8 Å². The number of amides is 2. The highest BCUT2D eigenvalue weighted by atomic mass is 16.3. The summed E-state index contributed by atoms with van der Waals surface area (Å²) in [5.74, 6) is 1.14. The summed E-state index contributed by atoms with van der Waals surface area (Å²) < 4.78 is 5.35. The topological polar surface area (TPSA) is 100 Å². The van der Waals surface area contributed by atoms with Crippen molar-refractivity contribution >= 4 is 29.0 Å². The van der Waals surface area contributed by atoms with Crippen LogP contribution in [0.3, 0.4) is 0 Å². The molecule has 1 saturated heterocycles. The average molecular weight is 405 g/mol. The van der Waals surface area contributed by atoms with Gasteiger partial charge >= 0.3 is 0 Å². The van der Waals surface area contributed by atoms with Crippen molar-refractivity contribution in [2.24, 2.45) is 5.92 Å². The van der Waals surface area contributed by atoms with Crippen molar-refractivity contribution in [3.8, 4) is 11.5 Å². The first-order chi connectivity index (χ1) is 14.6. The Morgan fingerprint density at radius 1 is 1.03 bits per heavy atom. The number of anilines is 3. The standard InChI is InChI=1S/C22H23N5O3/c1-15(28)23-17-6-8-18(9-7-17)24-22(29)16-4-2-12-27(14-16)21-11-10-19(25-26-21)20-5-3-13-30-20/h3,5-11,13,16H,2,4,12,14H2,1H3,(H,23,28)(H,24,29). The van der Waals surface area contributed by atoms with Gasteiger partial charge in [0, 0.05) is 31.4 Å². The molecule has 4 rings (SSSR count). The lowest BCUT2D eigenvalue weighted by Gasteiger charge is -2.32. The fourth-order valence-electron chi connectivity index (χ4n) is 3.53. The maximum Gasteiger partial charge on any atom is 0.229 e. The van der Waals surface area contributed by atoms with Crippen LogP contribution in [0.5, 0.6) is 0 Å². The third kappa shape index (κ3) is 4.65. The quantitative estimate of drug-likeness (QED) is 0.673. The largest absolute Gasteiger partial charge is 0.463 e. The van der Waals surface area contributed by atoms with Gasteiger partial charge in [-0.2, -0.15) is 0 Å². The highest BCUT2D eigenvalue weighted by molar-refractivity contribution is 5.94. The van der Waals surface area contributed by atoms with Crippen LogP contribution in [0.2, 0.25) is 0 Å². The van der Waals surface area contributed by atoms with Gasteiger partial charge in [0.1, 0.15) is 5.69 Å². The molecule has 0 spiro atoms. The summed E-state index contributed by atoms with van der Waals surface area (Å²) >= 11 is 0. The molecule has 8 heteroatoms. The van der Waals surface area contributed by atoms with E-state index in [2.05, 4.69) is 25.7 Å². The third-order valence-electron chi connectivity index (χ3n) is 5.01. The summed E-state index contributed by atoms with van der Waals surface area (Å²) in [6.07, 6.45) is 3.33. The molecule has 1 unspecified atom stereocenters. The van der Waals surface area contributed by atoms with Gasteiger partial charge in [0.15, 0.2) is 11.6 Å². The van der Waals surface area contributed by atoms with Crippen molar-refractivity contribution in [2.75, 3.05) is 28.6 Å². The Bertz CT molecular complexity index is 1000. The maximum atomic E-state index is 12.8. The molecule has 0 radical (unpaired) electrons. The second kappa shape index (κ2) is 8.77. The van der Waals surface area contributed by atoms with E-state index in [0.29, 0.717) is 29.4 Å². The normalized spacial score (nSPS) is 16.2. The molecule has 1 atom stereocenters. The van der Waals surface area contributed by atoms with E-state index in [1.54, 1.807) is 30.5 Å². The van der Waals surface area contributed by atoms with Crippen molar-refractivity contribution in [1.29, 1.82) is 0 Å². The van der Waals surface area contributed by atoms with Crippen LogP contribution in [-0.4, -0.2) is 35.1 Å². The molecule has 2 aromatic heterocycles. The Balaban J connectivity index is 1.37. The van der Waals surface area contributed by atoms with E-state index in [0.717, 1.165) is 25.2 Å². The summed E-state index contributed by atoms with van der Waals surface area (Å²) in [5, 5.41) is 14.2. The van der Waals surface area contributed by atoms with Crippen LogP contribution >= 0.6 is 0 Å². The first-order valence-electron chi connectivity index (χ1n) is 9.89. The molecule has 3 heterocycles. The summed E-state index contributed by atoms with van der Waals surface area (Å²) in [6.45, 7) is 2.88. The molecule has 2 N–H and O–H groups in total. The summed E-state index contributed by atoms with van der Waals surface area (Å²) in [4.78, 5) is 26.0. The molecule has 3 aromatic rings. The fraction of sp³-hybridized carbons (Fsp3) is 0.273. The van der Waals surface area contributed by atoms with Gasteiger partial charge in [0.2, 0.25) is 11.8 Å². The molecular weight excluding hydrogens is 382 g/mol. The van der Waals surface area contributed by atoms with Gasteiger partial charge in [-0.05, 0) is 61.4 Å². The van der Waals surface area contributed by atoms with Crippen LogP contribution in [-0.2, 0) is 9.59 Å². The van der Waals surface area contributed by atoms with Crippen LogP contribution in [0.15, 0.2) is 59.2 Å². The smallest absolute Gasteiger partial charge is 0.229 e. The van der Waals surface area contributed by atoms with Gasteiger partial charge in [-0.15, -0.1) is 10.2 Å². The molecule has 2 amide bonds. The van der Waals surface area contributed by atoms with Gasteiger partial charge < -0.3 is 20.0 Å². The number of carbonyl (C=O) groups is 2. The lowest BCUT2D eigenvalue weighted by atomic mass is 9.97. The van der Waals surface area contributed by atoms with Gasteiger partial charge in [-0.3, -0.25) is 9.59 Å². The van der Waals surface area contributed by atoms with Gasteiger partial charge in [0.05, 0.1) is 12.2 Å². The molecule has 1 aliphatic rings. The lowest BCUT2D eigenvalue weighted by molar-refractivity contribution is -0.120. The second-order valence-electron chi connectivity index (χ2n) is 7.29. The lowest BCUT2D eigenvalue weighted by Crippen LogP contribution is -2.41. The monoisotopic (exact) mass is 405 g/mol. The van der Waals surface area contributed by atoms with Gasteiger partial charge in [0.25, 0.3) is 0 Å². The predicted molar refractivity (Wildman–Crippen MR) is 114 cm³/mol. The molecule has 154 valence electrons. The molecule has 0 saturated carbocycles. The van der Waals surface area contributed by atoms with E-state index in [1.807, 2.05) is 24.3 Å². The minimum atomic E-state index is -0.139. The molecular formula is C22H23N5O3. The van der Waals surface area contributed by atoms with E-state index >= 15 is 0 Å². The van der Waals surface area contributed by atoms with Gasteiger partial charge in [-0.1, -0.05) is 0 Å². The number of rotatable bonds is 5. The zero-order chi connectivity index (χ0) is 20.9. The molecule has 30 heavy (non-hydrogen) atoms. The Hall–Kier alpha value is -3.68. The summed E-state index contributed by atoms with van der Waals surface area (Å²) in [7, 11) is 0. The average Bonchev–Trinajstić information content (AvgIpc) is 3.30. The van der Waals surface area contributed by atoms with E-state index in [9.17, 15) is 9.59 Å². The molecule has 1 aliphatic heterocycles. The zero-order valence-corrected chi connectivity index (χ0v) is 16.7. The molecule has 1 aromatic carbocycles. The molecule has 0 bridgehead atoms. The highest BCUT2D eigenvalue weighted by Crippen LogP contribution is 2.24. The first kappa shape index (κ1) is 19.6. The molecule has 1 fully saturated rings. The second-order valence-corrected chi connectivity index (χ2v) is 7.29. The van der Waals surface area contributed by atoms with Crippen molar-refractivity contribution in [3.63, 3.8) is 0 Å². The van der Waals surface area contributed by atoms with E-state index in [4.69, 9.17) is 4.42 Å². The number of nitrogens with zero attached hydrogens (tertiary/aromatic N) is 3. The molecule has 0 aliphatic carbocycles. The highest BCUT2D eigenvalue weighted by Gasteiger charge is 2.27. The number of piperidine rings is 1. The third-order valence-corrected chi connectivity index (χ3v) is 5.01. The minimum absolute atomic E-state index is 0.0212. The number of furan rings is 1. The number of aromatic nitrogens is 2. The van der Waals surface area contributed by atoms with Crippen LogP contribution < -0.4 is 15.5 Å². The van der Waals surface area contributed by atoms with E-state index < -0.39 is 0 Å². The van der Waals surface area contributed by atoms with Crippen molar-refractivity contribution < 1.29 is 14.0 Å². The summed E-state index contributed by atoms with van der Waals surface area (Å²) in [5.41, 5.74) is 2.08. The van der Waals surface area contributed by atoms with Crippen molar-refractivity contribution in [2.45, 2.75) is 19.8 Å². The van der Waals surface area contributed by atoms with Crippen LogP contribution in [0, 0.1) is 5.92 Å². The minimum Gasteiger partial charge on any atom is -0.463 e. The van der Waals surface area contributed by atoms with Crippen LogP contribution in [0.25, 0.3) is 11.5 Å². The number of hydrogen-bond donors (Lipinski definition) is 2. The number of benzene rings is 1. The Kier molecular flexibility index (Phi) is 5.74. The van der Waals surface area contributed by atoms with Gasteiger partial charge in [-0.25, -0.2) is 0 Å². The summed E-state index contributed by atoms with van der Waals surface area (Å²) in [6, 6.07) is 14.5. The van der Waals surface area contributed by atoms with E-state index in [1.165, 1.54) is 6.92 Å². The van der Waals surface area contributed by atoms with Crippen LogP contribution in [0.1, 0.15) is 19.8 Å². The zero-order valence-electron chi connectivity index (χ0n) is 16.7. The predicted octanol–water partition coefficient (Wildman–Crippen LogP) is 3.55. The maximum absolute atomic E-state index is 12.8. The number of carbonyl (C=O) groups excluding carboxylic acids is 2. The molecule has 8 nitrogen and oxygen atoms in total. The van der Waals surface area contributed by atoms with E-state index in [-0.39, 0.29) is 17.7 Å². The first-order valence-corrected chi connectivity index (χ1v) is 9.89. The van der Waals surface area contributed by atoms with Crippen molar-refractivity contribution in [1.82, 2.24) is 10.2 Å². The Labute approximate surface area is 174 Å². The number of hydrogen-bond acceptors (Lipinski definition) is 6. The Morgan fingerprint density at radius 2 is 1.80 bits per heavy atom.